The van der Waals surface area contributed by atoms with E-state index in [2.05, 4.69) is 41.3 Å². The van der Waals surface area contributed by atoms with E-state index in [0.717, 1.165) is 24.0 Å². The summed E-state index contributed by atoms with van der Waals surface area (Å²) in [6, 6.07) is 6.20. The summed E-state index contributed by atoms with van der Waals surface area (Å²) >= 11 is 7.56. The minimum Gasteiger partial charge on any atom is -0.349 e. The first-order valence-electron chi connectivity index (χ1n) is 5.87. The zero-order valence-electron chi connectivity index (χ0n) is 9.95. The summed E-state index contributed by atoms with van der Waals surface area (Å²) in [5, 5.41) is 3.40. The van der Waals surface area contributed by atoms with Gasteiger partial charge in [0.1, 0.15) is 0 Å². The molecule has 2 nitrogen and oxygen atoms in total. The van der Waals surface area contributed by atoms with Gasteiger partial charge >= 0.3 is 0 Å². The molecule has 0 saturated heterocycles. The highest BCUT2D eigenvalue weighted by Crippen LogP contribution is 2.22. The third-order valence-corrected chi connectivity index (χ3v) is 3.75. The maximum atomic E-state index is 5.92. The Kier molecular flexibility index (Phi) is 4.66. The van der Waals surface area contributed by atoms with E-state index in [-0.39, 0.29) is 0 Å². The van der Waals surface area contributed by atoms with E-state index < -0.39 is 0 Å². The lowest BCUT2D eigenvalue weighted by Gasteiger charge is -2.01. The second-order valence-electron chi connectivity index (χ2n) is 4.07. The number of rotatable bonds is 6. The smallest absolute Gasteiger partial charge is 0.0931 e. The molecule has 1 N–H and O–H groups in total. The number of halogens is 1. The standard InChI is InChI=1S/C13H17ClN2S/c1-2-6-15-8-11-5-7-16(9-11)10-12-3-4-13(14)17-12/h3-5,7,9,15H,2,6,8,10H2,1H3. The zero-order valence-corrected chi connectivity index (χ0v) is 11.5. The molecule has 0 amide bonds. The van der Waals surface area contributed by atoms with Gasteiger partial charge in [-0.2, -0.15) is 0 Å². The molecule has 0 aliphatic heterocycles. The molecule has 0 fully saturated rings. The molecule has 17 heavy (non-hydrogen) atoms. The molecule has 4 heteroatoms. The number of hydrogen-bond acceptors (Lipinski definition) is 2. The fraction of sp³-hybridized carbons (Fsp3) is 0.385. The van der Waals surface area contributed by atoms with E-state index in [1.807, 2.05) is 6.07 Å². The predicted molar refractivity (Wildman–Crippen MR) is 74.9 cm³/mol. The Bertz CT molecular complexity index is 461. The van der Waals surface area contributed by atoms with E-state index in [1.165, 1.54) is 16.9 Å². The Labute approximate surface area is 111 Å². The van der Waals surface area contributed by atoms with Gasteiger partial charge in [-0.25, -0.2) is 0 Å². The molecule has 2 aromatic heterocycles. The van der Waals surface area contributed by atoms with Crippen LogP contribution in [-0.2, 0) is 13.1 Å². The molecule has 2 aromatic rings. The van der Waals surface area contributed by atoms with Gasteiger partial charge in [0, 0.05) is 23.8 Å². The minimum absolute atomic E-state index is 0.858. The molecule has 0 aromatic carbocycles. The first-order valence-corrected chi connectivity index (χ1v) is 7.07. The molecular formula is C13H17ClN2S. The third-order valence-electron chi connectivity index (χ3n) is 2.53. The second-order valence-corrected chi connectivity index (χ2v) is 5.87. The number of thiophene rings is 1. The summed E-state index contributed by atoms with van der Waals surface area (Å²) in [4.78, 5) is 1.29. The number of aromatic nitrogens is 1. The van der Waals surface area contributed by atoms with Crippen molar-refractivity contribution in [1.82, 2.24) is 9.88 Å². The average molecular weight is 269 g/mol. The van der Waals surface area contributed by atoms with Gasteiger partial charge in [0.05, 0.1) is 10.9 Å². The lowest BCUT2D eigenvalue weighted by atomic mass is 10.3. The van der Waals surface area contributed by atoms with Crippen molar-refractivity contribution < 1.29 is 0 Å². The van der Waals surface area contributed by atoms with E-state index in [1.54, 1.807) is 11.3 Å². The fourth-order valence-corrected chi connectivity index (χ4v) is 2.82. The molecule has 0 atom stereocenters. The summed E-state index contributed by atoms with van der Waals surface area (Å²) in [6.45, 7) is 5.11. The Morgan fingerprint density at radius 3 is 2.94 bits per heavy atom. The van der Waals surface area contributed by atoms with Crippen LogP contribution in [0.15, 0.2) is 30.6 Å². The normalized spacial score (nSPS) is 10.9. The number of nitrogens with one attached hydrogen (secondary N) is 1. The van der Waals surface area contributed by atoms with Crippen molar-refractivity contribution in [2.75, 3.05) is 6.54 Å². The summed E-state index contributed by atoms with van der Waals surface area (Å²) in [7, 11) is 0. The van der Waals surface area contributed by atoms with Crippen LogP contribution >= 0.6 is 22.9 Å². The minimum atomic E-state index is 0.858. The zero-order chi connectivity index (χ0) is 12.1. The Balaban J connectivity index is 1.89. The number of nitrogens with zero attached hydrogens (tertiary/aromatic N) is 1. The van der Waals surface area contributed by atoms with Gasteiger partial charge in [0.2, 0.25) is 0 Å². The summed E-state index contributed by atoms with van der Waals surface area (Å²) in [6.07, 6.45) is 5.49. The topological polar surface area (TPSA) is 17.0 Å². The predicted octanol–water partition coefficient (Wildman–Crippen LogP) is 3.75. The highest BCUT2D eigenvalue weighted by atomic mass is 35.5. The quantitative estimate of drug-likeness (QED) is 0.790. The second kappa shape index (κ2) is 6.24. The van der Waals surface area contributed by atoms with Crippen LogP contribution in [0.2, 0.25) is 4.34 Å². The molecule has 0 aliphatic carbocycles. The lowest BCUT2D eigenvalue weighted by molar-refractivity contribution is 0.673. The number of hydrogen-bond donors (Lipinski definition) is 1. The van der Waals surface area contributed by atoms with Gasteiger partial charge in [0.15, 0.2) is 0 Å². The molecule has 2 heterocycles. The van der Waals surface area contributed by atoms with E-state index in [4.69, 9.17) is 11.6 Å². The maximum absolute atomic E-state index is 5.92. The van der Waals surface area contributed by atoms with Gasteiger partial charge in [-0.3, -0.25) is 0 Å². The van der Waals surface area contributed by atoms with E-state index in [9.17, 15) is 0 Å². The van der Waals surface area contributed by atoms with Crippen molar-refractivity contribution in [2.45, 2.75) is 26.4 Å². The van der Waals surface area contributed by atoms with Crippen molar-refractivity contribution >= 4 is 22.9 Å². The molecule has 0 radical (unpaired) electrons. The molecule has 0 spiro atoms. The van der Waals surface area contributed by atoms with Crippen molar-refractivity contribution in [1.29, 1.82) is 0 Å². The van der Waals surface area contributed by atoms with Crippen LogP contribution in [0.25, 0.3) is 0 Å². The molecule has 0 bridgehead atoms. The van der Waals surface area contributed by atoms with Crippen LogP contribution in [0.3, 0.4) is 0 Å². The van der Waals surface area contributed by atoms with Crippen molar-refractivity contribution in [3.63, 3.8) is 0 Å². The van der Waals surface area contributed by atoms with Crippen molar-refractivity contribution in [3.8, 4) is 0 Å². The van der Waals surface area contributed by atoms with Crippen LogP contribution in [0.5, 0.6) is 0 Å². The average Bonchev–Trinajstić information content (AvgIpc) is 2.90. The molecule has 2 rings (SSSR count). The van der Waals surface area contributed by atoms with E-state index >= 15 is 0 Å². The largest absolute Gasteiger partial charge is 0.349 e. The van der Waals surface area contributed by atoms with Crippen LogP contribution in [0.4, 0.5) is 0 Å². The first kappa shape index (κ1) is 12.7. The summed E-state index contributed by atoms with van der Waals surface area (Å²) in [5.74, 6) is 0. The van der Waals surface area contributed by atoms with E-state index in [0.29, 0.717) is 0 Å². The van der Waals surface area contributed by atoms with Crippen LogP contribution in [0.1, 0.15) is 23.8 Å². The molecule has 0 unspecified atom stereocenters. The highest BCUT2D eigenvalue weighted by molar-refractivity contribution is 7.16. The Morgan fingerprint density at radius 1 is 1.35 bits per heavy atom. The summed E-state index contributed by atoms with van der Waals surface area (Å²) in [5.41, 5.74) is 1.33. The lowest BCUT2D eigenvalue weighted by Crippen LogP contribution is -2.13. The van der Waals surface area contributed by atoms with Crippen molar-refractivity contribution in [3.05, 3.63) is 45.4 Å². The van der Waals surface area contributed by atoms with Gasteiger partial charge in [-0.05, 0) is 36.7 Å². The van der Waals surface area contributed by atoms with Crippen LogP contribution < -0.4 is 5.32 Å². The molecule has 92 valence electrons. The molecule has 0 aliphatic rings. The Hall–Kier alpha value is -0.770. The maximum Gasteiger partial charge on any atom is 0.0931 e. The summed E-state index contributed by atoms with van der Waals surface area (Å²) < 4.78 is 3.06. The van der Waals surface area contributed by atoms with Gasteiger partial charge in [-0.15, -0.1) is 11.3 Å². The van der Waals surface area contributed by atoms with Gasteiger partial charge in [-0.1, -0.05) is 18.5 Å². The van der Waals surface area contributed by atoms with Gasteiger partial charge < -0.3 is 9.88 Å². The molecule has 0 saturated carbocycles. The van der Waals surface area contributed by atoms with Crippen molar-refractivity contribution in [2.24, 2.45) is 0 Å². The molecular weight excluding hydrogens is 252 g/mol. The van der Waals surface area contributed by atoms with Crippen LogP contribution in [0, 0.1) is 0 Å². The monoisotopic (exact) mass is 268 g/mol. The third kappa shape index (κ3) is 3.87. The first-order chi connectivity index (χ1) is 8.28. The Morgan fingerprint density at radius 2 is 2.24 bits per heavy atom. The fourth-order valence-electron chi connectivity index (χ4n) is 1.72. The van der Waals surface area contributed by atoms with Crippen LogP contribution in [-0.4, -0.2) is 11.1 Å². The highest BCUT2D eigenvalue weighted by Gasteiger charge is 2.00. The van der Waals surface area contributed by atoms with Gasteiger partial charge in [0.25, 0.3) is 0 Å². The SMILES string of the molecule is CCCNCc1ccn(Cc2ccc(Cl)s2)c1.